The van der Waals surface area contributed by atoms with E-state index < -0.39 is 0 Å². The van der Waals surface area contributed by atoms with Crippen LogP contribution in [0.4, 0.5) is 0 Å². The highest BCUT2D eigenvalue weighted by atomic mass is 16.1. The van der Waals surface area contributed by atoms with Crippen LogP contribution in [-0.4, -0.2) is 13.0 Å². The van der Waals surface area contributed by atoms with Gasteiger partial charge >= 0.3 is 0 Å². The van der Waals surface area contributed by atoms with Crippen molar-refractivity contribution in [2.45, 2.75) is 96.8 Å². The van der Waals surface area contributed by atoms with Crippen molar-refractivity contribution in [1.82, 2.24) is 5.32 Å². The maximum atomic E-state index is 10.0. The zero-order valence-electron chi connectivity index (χ0n) is 13.1. The lowest BCUT2D eigenvalue weighted by Gasteiger charge is -2.03. The van der Waals surface area contributed by atoms with Gasteiger partial charge in [-0.15, -0.1) is 0 Å². The maximum Gasteiger partial charge on any atom is 0.207 e. The summed E-state index contributed by atoms with van der Waals surface area (Å²) in [5.74, 6) is 0. The molecule has 1 amide bonds. The maximum absolute atomic E-state index is 10.0. The highest BCUT2D eigenvalue weighted by molar-refractivity contribution is 5.45. The molecule has 0 saturated heterocycles. The molecule has 0 aliphatic carbocycles. The molecule has 19 heavy (non-hydrogen) atoms. The minimum atomic E-state index is 0. The molecule has 116 valence electrons. The normalized spacial score (nSPS) is 10.6. The lowest BCUT2D eigenvalue weighted by molar-refractivity contribution is -0.109. The molecule has 0 aliphatic rings. The van der Waals surface area contributed by atoms with E-state index in [1.165, 1.54) is 83.5 Å². The third-order valence-electron chi connectivity index (χ3n) is 3.76. The summed E-state index contributed by atoms with van der Waals surface area (Å²) in [6.07, 6.45) is 20.1. The smallest absolute Gasteiger partial charge is 0.207 e. The van der Waals surface area contributed by atoms with Crippen LogP contribution in [-0.2, 0) is 4.79 Å². The van der Waals surface area contributed by atoms with Gasteiger partial charge in [-0.05, 0) is 6.42 Å². The van der Waals surface area contributed by atoms with Gasteiger partial charge < -0.3 is 5.32 Å². The molecular weight excluding hydrogens is 234 g/mol. The van der Waals surface area contributed by atoms with E-state index in [4.69, 9.17) is 0 Å². The van der Waals surface area contributed by atoms with Crippen molar-refractivity contribution in [2.24, 2.45) is 0 Å². The number of nitrogens with one attached hydrogen (secondary N) is 1. The Kier molecular flexibility index (Phi) is 17.0. The van der Waals surface area contributed by atoms with E-state index in [0.717, 1.165) is 19.4 Å². The zero-order valence-corrected chi connectivity index (χ0v) is 13.1. The van der Waals surface area contributed by atoms with Gasteiger partial charge in [0.25, 0.3) is 0 Å². The molecule has 0 unspecified atom stereocenters. The lowest BCUT2D eigenvalue weighted by Crippen LogP contribution is -2.11. The third-order valence-corrected chi connectivity index (χ3v) is 3.76. The zero-order chi connectivity index (χ0) is 14.0. The third kappa shape index (κ3) is 17.5. The average molecular weight is 271 g/mol. The van der Waals surface area contributed by atoms with Crippen molar-refractivity contribution in [3.8, 4) is 0 Å². The Hall–Kier alpha value is -0.530. The highest BCUT2D eigenvalue weighted by Crippen LogP contribution is 2.12. The Bertz CT molecular complexity index is 176. The first kappa shape index (κ1) is 18.5. The van der Waals surface area contributed by atoms with Crippen LogP contribution < -0.4 is 5.32 Å². The standard InChI is InChI=1S/C17H35NO.H2/c1-2-3-4-5-6-7-8-9-10-11-12-13-14-15-16-18-17-19;/h17H,2-16H2,1H3,(H,18,19);1H. The first-order valence-corrected chi connectivity index (χ1v) is 8.59. The van der Waals surface area contributed by atoms with Crippen LogP contribution in [0.3, 0.4) is 0 Å². The summed E-state index contributed by atoms with van der Waals surface area (Å²) in [6.45, 7) is 3.13. The second-order valence-electron chi connectivity index (χ2n) is 5.67. The van der Waals surface area contributed by atoms with E-state index in [1.54, 1.807) is 0 Å². The summed E-state index contributed by atoms with van der Waals surface area (Å²) in [4.78, 5) is 10.0. The van der Waals surface area contributed by atoms with E-state index in [0.29, 0.717) is 0 Å². The van der Waals surface area contributed by atoms with Gasteiger partial charge in [-0.3, -0.25) is 4.79 Å². The topological polar surface area (TPSA) is 29.1 Å². The summed E-state index contributed by atoms with van der Waals surface area (Å²) >= 11 is 0. The Balaban J connectivity index is 0. The van der Waals surface area contributed by atoms with E-state index in [-0.39, 0.29) is 1.43 Å². The predicted molar refractivity (Wildman–Crippen MR) is 86.5 cm³/mol. The van der Waals surface area contributed by atoms with Crippen molar-refractivity contribution >= 4 is 6.41 Å². The van der Waals surface area contributed by atoms with Crippen LogP contribution in [0.5, 0.6) is 0 Å². The molecule has 0 atom stereocenters. The summed E-state index contributed by atoms with van der Waals surface area (Å²) in [5, 5.41) is 2.71. The predicted octanol–water partition coefficient (Wildman–Crippen LogP) is 5.46. The molecule has 0 bridgehead atoms. The fourth-order valence-electron chi connectivity index (χ4n) is 2.48. The van der Waals surface area contributed by atoms with Crippen molar-refractivity contribution in [3.63, 3.8) is 0 Å². The first-order valence-electron chi connectivity index (χ1n) is 8.59. The average Bonchev–Trinajstić information content (AvgIpc) is 2.43. The number of carbonyl (C=O) groups is 1. The second-order valence-corrected chi connectivity index (χ2v) is 5.67. The van der Waals surface area contributed by atoms with E-state index in [1.807, 2.05) is 0 Å². The molecule has 0 rings (SSSR count). The van der Waals surface area contributed by atoms with Crippen molar-refractivity contribution < 1.29 is 6.22 Å². The van der Waals surface area contributed by atoms with Crippen LogP contribution in [0.15, 0.2) is 0 Å². The van der Waals surface area contributed by atoms with Crippen LogP contribution in [0.2, 0.25) is 0 Å². The molecule has 0 aliphatic heterocycles. The molecule has 0 fully saturated rings. The molecule has 0 heterocycles. The Morgan fingerprint density at radius 2 is 1.05 bits per heavy atom. The molecule has 0 aromatic heterocycles. The van der Waals surface area contributed by atoms with Gasteiger partial charge in [-0.25, -0.2) is 0 Å². The molecular formula is C17H37NO. The van der Waals surface area contributed by atoms with Crippen LogP contribution >= 0.6 is 0 Å². The molecule has 2 heteroatoms. The lowest BCUT2D eigenvalue weighted by atomic mass is 10.0. The Morgan fingerprint density at radius 3 is 1.42 bits per heavy atom. The van der Waals surface area contributed by atoms with Crippen molar-refractivity contribution in [1.29, 1.82) is 0 Å². The van der Waals surface area contributed by atoms with Crippen molar-refractivity contribution in [3.05, 3.63) is 0 Å². The van der Waals surface area contributed by atoms with Gasteiger partial charge in [-0.2, -0.15) is 0 Å². The minimum Gasteiger partial charge on any atom is -0.359 e. The molecule has 1 N–H and O–H groups in total. The first-order chi connectivity index (χ1) is 9.41. The monoisotopic (exact) mass is 271 g/mol. The summed E-state index contributed by atoms with van der Waals surface area (Å²) in [7, 11) is 0. The summed E-state index contributed by atoms with van der Waals surface area (Å²) < 4.78 is 0. The fourth-order valence-corrected chi connectivity index (χ4v) is 2.48. The Morgan fingerprint density at radius 1 is 0.684 bits per heavy atom. The second kappa shape index (κ2) is 17.5. The number of hydrogen-bond donors (Lipinski definition) is 1. The molecule has 0 aromatic rings. The fraction of sp³-hybridized carbons (Fsp3) is 0.941. The van der Waals surface area contributed by atoms with Gasteiger partial charge in [0.15, 0.2) is 0 Å². The molecule has 2 nitrogen and oxygen atoms in total. The van der Waals surface area contributed by atoms with E-state index in [9.17, 15) is 4.79 Å². The highest BCUT2D eigenvalue weighted by Gasteiger charge is 1.93. The van der Waals surface area contributed by atoms with Crippen LogP contribution in [0, 0.1) is 0 Å². The quantitative estimate of drug-likeness (QED) is 0.293. The van der Waals surface area contributed by atoms with Gasteiger partial charge in [-0.1, -0.05) is 90.4 Å². The Labute approximate surface area is 122 Å². The number of unbranched alkanes of at least 4 members (excludes halogenated alkanes) is 13. The van der Waals surface area contributed by atoms with Crippen molar-refractivity contribution in [2.75, 3.05) is 6.54 Å². The number of rotatable bonds is 16. The number of amides is 1. The summed E-state index contributed by atoms with van der Waals surface area (Å²) in [5.41, 5.74) is 0. The summed E-state index contributed by atoms with van der Waals surface area (Å²) in [6, 6.07) is 0. The van der Waals surface area contributed by atoms with E-state index in [2.05, 4.69) is 12.2 Å². The van der Waals surface area contributed by atoms with Gasteiger partial charge in [0, 0.05) is 7.97 Å². The number of carbonyl (C=O) groups excluding carboxylic acids is 1. The van der Waals surface area contributed by atoms with Crippen LogP contribution in [0.25, 0.3) is 0 Å². The van der Waals surface area contributed by atoms with Gasteiger partial charge in [0.05, 0.1) is 0 Å². The molecule has 0 aromatic carbocycles. The largest absolute Gasteiger partial charge is 0.359 e. The molecule has 0 radical (unpaired) electrons. The minimum absolute atomic E-state index is 0. The number of hydrogen-bond acceptors (Lipinski definition) is 1. The van der Waals surface area contributed by atoms with Crippen LogP contribution in [0.1, 0.15) is 98.2 Å². The molecule has 0 saturated carbocycles. The SMILES string of the molecule is CCCCCCCCCCCCCCCCNC=O.[HH]. The molecule has 0 spiro atoms. The van der Waals surface area contributed by atoms with E-state index >= 15 is 0 Å². The van der Waals surface area contributed by atoms with Gasteiger partial charge in [0.2, 0.25) is 6.41 Å². The van der Waals surface area contributed by atoms with Gasteiger partial charge in [0.1, 0.15) is 0 Å².